The molecule has 112 valence electrons. The van der Waals surface area contributed by atoms with Gasteiger partial charge in [0.05, 0.1) is 11.3 Å². The number of carbonyl (C=O) groups excluding carboxylic acids is 2. The van der Waals surface area contributed by atoms with Gasteiger partial charge in [0.25, 0.3) is 0 Å². The van der Waals surface area contributed by atoms with Gasteiger partial charge in [-0.2, -0.15) is 0 Å². The van der Waals surface area contributed by atoms with Crippen molar-refractivity contribution in [3.05, 3.63) is 23.8 Å². The molecule has 1 saturated heterocycles. The summed E-state index contributed by atoms with van der Waals surface area (Å²) in [5, 5.41) is 12.6. The molecule has 1 atom stereocenters. The number of hydrogen-bond acceptors (Lipinski definition) is 3. The van der Waals surface area contributed by atoms with Crippen molar-refractivity contribution >= 4 is 45.1 Å². The Bertz CT molecular complexity index is 603. The second-order valence-corrected chi connectivity index (χ2v) is 5.59. The Morgan fingerprint density at radius 3 is 2.71 bits per heavy atom. The maximum atomic E-state index is 12.0. The number of hydrogen-bond donors (Lipinski definition) is 2. The lowest BCUT2D eigenvalue weighted by Crippen LogP contribution is -2.26. The van der Waals surface area contributed by atoms with Gasteiger partial charge in [-0.3, -0.25) is 9.59 Å². The molecule has 2 rings (SSSR count). The number of benzene rings is 1. The number of rotatable bonds is 4. The van der Waals surface area contributed by atoms with Gasteiger partial charge < -0.3 is 15.3 Å². The van der Waals surface area contributed by atoms with E-state index in [0.717, 1.165) is 0 Å². The van der Waals surface area contributed by atoms with Crippen LogP contribution in [-0.2, 0) is 9.59 Å². The predicted octanol–water partition coefficient (Wildman–Crippen LogP) is 2.09. The molecule has 1 unspecified atom stereocenters. The molecule has 1 aromatic rings. The van der Waals surface area contributed by atoms with Gasteiger partial charge in [0.1, 0.15) is 0 Å². The van der Waals surface area contributed by atoms with Gasteiger partial charge in [-0.25, -0.2) is 4.79 Å². The van der Waals surface area contributed by atoms with Gasteiger partial charge >= 0.3 is 5.97 Å². The SMILES string of the molecule is CC(=O)Nc1ccc(N2CC(CBr)CC2=O)c(C(=O)O)c1. The molecule has 0 saturated carbocycles. The van der Waals surface area contributed by atoms with Crippen LogP contribution in [0.4, 0.5) is 11.4 Å². The Kier molecular flexibility index (Phi) is 4.62. The van der Waals surface area contributed by atoms with Crippen LogP contribution < -0.4 is 10.2 Å². The number of nitrogens with one attached hydrogen (secondary N) is 1. The summed E-state index contributed by atoms with van der Waals surface area (Å²) in [7, 11) is 0. The predicted molar refractivity (Wildman–Crippen MR) is 82.0 cm³/mol. The first-order valence-electron chi connectivity index (χ1n) is 6.43. The van der Waals surface area contributed by atoms with Crippen LogP contribution in [0.5, 0.6) is 0 Å². The minimum Gasteiger partial charge on any atom is -0.478 e. The van der Waals surface area contributed by atoms with E-state index in [2.05, 4.69) is 21.2 Å². The molecular weight excluding hydrogens is 340 g/mol. The van der Waals surface area contributed by atoms with Crippen LogP contribution in [0.15, 0.2) is 18.2 Å². The highest BCUT2D eigenvalue weighted by Gasteiger charge is 2.32. The molecule has 1 heterocycles. The van der Waals surface area contributed by atoms with E-state index >= 15 is 0 Å². The Hall–Kier alpha value is -1.89. The van der Waals surface area contributed by atoms with Crippen molar-refractivity contribution in [1.29, 1.82) is 0 Å². The van der Waals surface area contributed by atoms with E-state index in [4.69, 9.17) is 0 Å². The topological polar surface area (TPSA) is 86.7 Å². The average Bonchev–Trinajstić information content (AvgIpc) is 2.79. The zero-order chi connectivity index (χ0) is 15.6. The second-order valence-electron chi connectivity index (χ2n) is 4.95. The highest BCUT2D eigenvalue weighted by atomic mass is 79.9. The van der Waals surface area contributed by atoms with Crippen LogP contribution >= 0.6 is 15.9 Å². The molecule has 0 radical (unpaired) electrons. The fourth-order valence-electron chi connectivity index (χ4n) is 2.34. The van der Waals surface area contributed by atoms with E-state index in [-0.39, 0.29) is 23.3 Å². The summed E-state index contributed by atoms with van der Waals surface area (Å²) < 4.78 is 0. The normalized spacial score (nSPS) is 17.9. The van der Waals surface area contributed by atoms with Gasteiger partial charge in [0.2, 0.25) is 11.8 Å². The van der Waals surface area contributed by atoms with Crippen molar-refractivity contribution < 1.29 is 19.5 Å². The molecule has 7 heteroatoms. The zero-order valence-corrected chi connectivity index (χ0v) is 13.0. The number of alkyl halides is 1. The molecule has 2 amide bonds. The van der Waals surface area contributed by atoms with E-state index in [1.54, 1.807) is 12.1 Å². The molecule has 1 aromatic carbocycles. The number of anilines is 2. The number of carboxylic acids is 1. The van der Waals surface area contributed by atoms with Gasteiger partial charge in [-0.1, -0.05) is 15.9 Å². The Balaban J connectivity index is 2.37. The van der Waals surface area contributed by atoms with Gasteiger partial charge in [0, 0.05) is 30.9 Å². The molecule has 21 heavy (non-hydrogen) atoms. The molecule has 0 spiro atoms. The van der Waals surface area contributed by atoms with Crippen LogP contribution in [0.2, 0.25) is 0 Å². The standard InChI is InChI=1S/C14H15BrN2O4/c1-8(18)16-10-2-3-12(11(5-10)14(20)21)17-7-9(6-15)4-13(17)19/h2-3,5,9H,4,6-7H2,1H3,(H,16,18)(H,20,21). The number of nitrogens with zero attached hydrogens (tertiary/aromatic N) is 1. The van der Waals surface area contributed by atoms with Crippen molar-refractivity contribution in [3.8, 4) is 0 Å². The number of carboxylic acid groups (broad SMARTS) is 1. The quantitative estimate of drug-likeness (QED) is 0.810. The zero-order valence-electron chi connectivity index (χ0n) is 11.4. The third-order valence-electron chi connectivity index (χ3n) is 3.26. The summed E-state index contributed by atoms with van der Waals surface area (Å²) in [6, 6.07) is 4.52. The minimum absolute atomic E-state index is 0.00447. The van der Waals surface area contributed by atoms with Crippen molar-refractivity contribution in [3.63, 3.8) is 0 Å². The lowest BCUT2D eigenvalue weighted by atomic mass is 10.1. The van der Waals surface area contributed by atoms with E-state index < -0.39 is 5.97 Å². The molecule has 0 aliphatic carbocycles. The third kappa shape index (κ3) is 3.41. The van der Waals surface area contributed by atoms with Crippen LogP contribution in [-0.4, -0.2) is 34.8 Å². The summed E-state index contributed by atoms with van der Waals surface area (Å²) in [5.74, 6) is -1.33. The lowest BCUT2D eigenvalue weighted by molar-refractivity contribution is -0.117. The van der Waals surface area contributed by atoms with Crippen molar-refractivity contribution in [2.45, 2.75) is 13.3 Å². The number of carbonyl (C=O) groups is 3. The summed E-state index contributed by atoms with van der Waals surface area (Å²) >= 11 is 3.35. The van der Waals surface area contributed by atoms with E-state index in [1.165, 1.54) is 17.9 Å². The molecule has 1 aliphatic heterocycles. The van der Waals surface area contributed by atoms with Crippen molar-refractivity contribution in [2.24, 2.45) is 5.92 Å². The summed E-state index contributed by atoms with van der Waals surface area (Å²) in [4.78, 5) is 36.0. The van der Waals surface area contributed by atoms with Crippen molar-refractivity contribution in [1.82, 2.24) is 0 Å². The third-order valence-corrected chi connectivity index (χ3v) is 4.18. The average molecular weight is 355 g/mol. The highest BCUT2D eigenvalue weighted by Crippen LogP contribution is 2.30. The van der Waals surface area contributed by atoms with Crippen LogP contribution in [0.3, 0.4) is 0 Å². The van der Waals surface area contributed by atoms with E-state index in [9.17, 15) is 19.5 Å². The fourth-order valence-corrected chi connectivity index (χ4v) is 2.78. The largest absolute Gasteiger partial charge is 0.478 e. The Labute approximate surface area is 130 Å². The van der Waals surface area contributed by atoms with Crippen LogP contribution in [0.25, 0.3) is 0 Å². The Morgan fingerprint density at radius 1 is 1.48 bits per heavy atom. The molecule has 6 nitrogen and oxygen atoms in total. The number of amides is 2. The van der Waals surface area contributed by atoms with E-state index in [0.29, 0.717) is 29.7 Å². The first-order valence-corrected chi connectivity index (χ1v) is 7.55. The van der Waals surface area contributed by atoms with E-state index in [1.807, 2.05) is 0 Å². The van der Waals surface area contributed by atoms with Crippen LogP contribution in [0.1, 0.15) is 23.7 Å². The lowest BCUT2D eigenvalue weighted by Gasteiger charge is -2.19. The smallest absolute Gasteiger partial charge is 0.337 e. The molecule has 0 bridgehead atoms. The molecule has 0 aromatic heterocycles. The maximum absolute atomic E-state index is 12.0. The molecule has 1 aliphatic rings. The molecule has 2 N–H and O–H groups in total. The minimum atomic E-state index is -1.13. The highest BCUT2D eigenvalue weighted by molar-refractivity contribution is 9.09. The first-order chi connectivity index (χ1) is 9.92. The fraction of sp³-hybridized carbons (Fsp3) is 0.357. The summed E-state index contributed by atoms with van der Waals surface area (Å²) in [6.07, 6.45) is 0.401. The second kappa shape index (κ2) is 6.26. The van der Waals surface area contributed by atoms with Crippen LogP contribution in [0, 0.1) is 5.92 Å². The summed E-state index contributed by atoms with van der Waals surface area (Å²) in [6.45, 7) is 1.84. The van der Waals surface area contributed by atoms with Gasteiger partial charge in [0.15, 0.2) is 0 Å². The maximum Gasteiger partial charge on any atom is 0.337 e. The molecular formula is C14H15BrN2O4. The Morgan fingerprint density at radius 2 is 2.19 bits per heavy atom. The monoisotopic (exact) mass is 354 g/mol. The number of halogens is 1. The van der Waals surface area contributed by atoms with Crippen molar-refractivity contribution in [2.75, 3.05) is 22.1 Å². The van der Waals surface area contributed by atoms with Gasteiger partial charge in [-0.15, -0.1) is 0 Å². The van der Waals surface area contributed by atoms with Gasteiger partial charge in [-0.05, 0) is 24.1 Å². The summed E-state index contributed by atoms with van der Waals surface area (Å²) in [5.41, 5.74) is 0.766. The number of aromatic carboxylic acids is 1. The molecule has 1 fully saturated rings. The first kappa shape index (κ1) is 15.5.